The molecular formula is C20H19ClF3N5O3S. The maximum Gasteiger partial charge on any atom is 0.301 e. The molecule has 0 saturated carbocycles. The minimum atomic E-state index is -4.34. The van der Waals surface area contributed by atoms with Crippen molar-refractivity contribution in [1.29, 1.82) is 0 Å². The number of alkyl halides is 2. The molecule has 33 heavy (non-hydrogen) atoms. The summed E-state index contributed by atoms with van der Waals surface area (Å²) in [7, 11) is -2.79. The van der Waals surface area contributed by atoms with E-state index < -0.39 is 34.9 Å². The number of rotatable bonds is 5. The van der Waals surface area contributed by atoms with Crippen LogP contribution in [0.3, 0.4) is 0 Å². The third-order valence-corrected chi connectivity index (χ3v) is 7.27. The largest absolute Gasteiger partial charge is 0.352 e. The Kier molecular flexibility index (Phi) is 5.79. The zero-order chi connectivity index (χ0) is 24.1. The second-order valence-electron chi connectivity index (χ2n) is 7.75. The summed E-state index contributed by atoms with van der Waals surface area (Å²) in [6.07, 6.45) is 0.799. The van der Waals surface area contributed by atoms with Gasteiger partial charge in [-0.1, -0.05) is 11.6 Å². The normalized spacial score (nSPS) is 16.3. The highest BCUT2D eigenvalue weighted by Gasteiger charge is 2.43. The molecule has 0 radical (unpaired) electrons. The standard InChI is InChI=1S/C20H19ClF3N5O3S/c1-11-13(5-6-14-16(11)19(30)28(2)10-25-14)26-18-12(22)3-4-15(17(18)21)27-33(31,32)29-8-7-20(23,24)9-29/h3-6,10,26-27H,7-9H2,1-2H3. The van der Waals surface area contributed by atoms with Crippen LogP contribution in [-0.4, -0.2) is 41.3 Å². The molecule has 1 aliphatic rings. The topological polar surface area (TPSA) is 96.3 Å². The molecule has 2 heterocycles. The van der Waals surface area contributed by atoms with E-state index in [2.05, 4.69) is 15.0 Å². The highest BCUT2D eigenvalue weighted by atomic mass is 35.5. The van der Waals surface area contributed by atoms with Gasteiger partial charge in [-0.05, 0) is 36.8 Å². The molecule has 0 unspecified atom stereocenters. The van der Waals surface area contributed by atoms with E-state index in [0.29, 0.717) is 26.5 Å². The third kappa shape index (κ3) is 4.37. The maximum absolute atomic E-state index is 14.6. The number of nitrogens with one attached hydrogen (secondary N) is 2. The van der Waals surface area contributed by atoms with Crippen molar-refractivity contribution in [2.45, 2.75) is 19.3 Å². The van der Waals surface area contributed by atoms with E-state index in [1.165, 1.54) is 10.9 Å². The molecule has 0 amide bonds. The molecule has 176 valence electrons. The molecule has 3 aromatic rings. The van der Waals surface area contributed by atoms with Crippen molar-refractivity contribution in [2.24, 2.45) is 7.05 Å². The summed E-state index contributed by atoms with van der Waals surface area (Å²) >= 11 is 6.29. The van der Waals surface area contributed by atoms with Crippen molar-refractivity contribution in [3.63, 3.8) is 0 Å². The molecular weight excluding hydrogens is 483 g/mol. The lowest BCUT2D eigenvalue weighted by molar-refractivity contribution is 0.0184. The molecule has 0 bridgehead atoms. The number of halogens is 4. The van der Waals surface area contributed by atoms with Crippen LogP contribution in [-0.2, 0) is 17.3 Å². The van der Waals surface area contributed by atoms with Crippen LogP contribution < -0.4 is 15.6 Å². The molecule has 0 aliphatic carbocycles. The number of nitrogens with zero attached hydrogens (tertiary/aromatic N) is 3. The number of aromatic nitrogens is 2. The van der Waals surface area contributed by atoms with Gasteiger partial charge in [0.15, 0.2) is 0 Å². The number of hydrogen-bond acceptors (Lipinski definition) is 5. The Hall–Kier alpha value is -2.83. The fraction of sp³-hybridized carbons (Fsp3) is 0.300. The molecule has 4 rings (SSSR count). The van der Waals surface area contributed by atoms with Gasteiger partial charge in [-0.15, -0.1) is 0 Å². The molecule has 1 fully saturated rings. The lowest BCUT2D eigenvalue weighted by atomic mass is 10.1. The molecule has 0 spiro atoms. The predicted molar refractivity (Wildman–Crippen MR) is 120 cm³/mol. The average molecular weight is 502 g/mol. The smallest absolute Gasteiger partial charge is 0.301 e. The maximum atomic E-state index is 14.6. The van der Waals surface area contributed by atoms with E-state index in [9.17, 15) is 26.4 Å². The summed E-state index contributed by atoms with van der Waals surface area (Å²) in [4.78, 5) is 16.7. The van der Waals surface area contributed by atoms with Crippen molar-refractivity contribution >= 4 is 49.8 Å². The van der Waals surface area contributed by atoms with E-state index >= 15 is 0 Å². The first-order valence-electron chi connectivity index (χ1n) is 9.75. The number of fused-ring (bicyclic) bond motifs is 1. The summed E-state index contributed by atoms with van der Waals surface area (Å²) < 4.78 is 70.7. The highest BCUT2D eigenvalue weighted by molar-refractivity contribution is 7.90. The molecule has 8 nitrogen and oxygen atoms in total. The zero-order valence-electron chi connectivity index (χ0n) is 17.5. The van der Waals surface area contributed by atoms with E-state index in [4.69, 9.17) is 11.6 Å². The molecule has 2 aromatic carbocycles. The van der Waals surface area contributed by atoms with Gasteiger partial charge in [0, 0.05) is 25.7 Å². The number of aryl methyl sites for hydroxylation is 2. The van der Waals surface area contributed by atoms with E-state index in [1.54, 1.807) is 26.1 Å². The van der Waals surface area contributed by atoms with Gasteiger partial charge in [0.25, 0.3) is 11.5 Å². The quantitative estimate of drug-likeness (QED) is 0.555. The summed E-state index contributed by atoms with van der Waals surface area (Å²) in [6.45, 7) is 0.344. The van der Waals surface area contributed by atoms with E-state index in [0.717, 1.165) is 12.1 Å². The second-order valence-corrected chi connectivity index (χ2v) is 9.80. The van der Waals surface area contributed by atoms with Crippen molar-refractivity contribution in [3.05, 3.63) is 57.3 Å². The van der Waals surface area contributed by atoms with Crippen molar-refractivity contribution < 1.29 is 21.6 Å². The molecule has 1 saturated heterocycles. The fourth-order valence-corrected chi connectivity index (χ4v) is 5.15. The molecule has 13 heteroatoms. The monoisotopic (exact) mass is 501 g/mol. The molecule has 1 aromatic heterocycles. The van der Waals surface area contributed by atoms with Gasteiger partial charge in [-0.25, -0.2) is 18.2 Å². The van der Waals surface area contributed by atoms with Gasteiger partial charge in [0.05, 0.1) is 40.2 Å². The Morgan fingerprint density at radius 1 is 1.18 bits per heavy atom. The Bertz CT molecular complexity index is 1430. The Balaban J connectivity index is 1.69. The van der Waals surface area contributed by atoms with Crippen molar-refractivity contribution in [3.8, 4) is 0 Å². The van der Waals surface area contributed by atoms with Crippen LogP contribution >= 0.6 is 11.6 Å². The lowest BCUT2D eigenvalue weighted by Gasteiger charge is -2.20. The minimum Gasteiger partial charge on any atom is -0.352 e. The fourth-order valence-electron chi connectivity index (χ4n) is 3.58. The lowest BCUT2D eigenvalue weighted by Crippen LogP contribution is -2.36. The SMILES string of the molecule is Cc1c(Nc2c(F)ccc(NS(=O)(=O)N3CCC(F)(F)C3)c2Cl)ccc2ncn(C)c(=O)c12. The van der Waals surface area contributed by atoms with Gasteiger partial charge < -0.3 is 9.88 Å². The second kappa shape index (κ2) is 8.19. The first-order chi connectivity index (χ1) is 15.4. The summed E-state index contributed by atoms with van der Waals surface area (Å²) in [5, 5.41) is 2.83. The van der Waals surface area contributed by atoms with Gasteiger partial charge >= 0.3 is 10.2 Å². The van der Waals surface area contributed by atoms with Crippen LogP contribution in [0.5, 0.6) is 0 Å². The van der Waals surface area contributed by atoms with Crippen LogP contribution in [0.1, 0.15) is 12.0 Å². The molecule has 2 N–H and O–H groups in total. The molecule has 0 atom stereocenters. The van der Waals surface area contributed by atoms with Crippen LogP contribution in [0.15, 0.2) is 35.4 Å². The van der Waals surface area contributed by atoms with Gasteiger partial charge in [-0.2, -0.15) is 12.7 Å². The first kappa shape index (κ1) is 23.3. The first-order valence-corrected chi connectivity index (χ1v) is 11.6. The number of anilines is 3. The average Bonchev–Trinajstić information content (AvgIpc) is 3.12. The van der Waals surface area contributed by atoms with Gasteiger partial charge in [0.2, 0.25) is 0 Å². The van der Waals surface area contributed by atoms with Crippen LogP contribution in [0.4, 0.5) is 30.2 Å². The van der Waals surface area contributed by atoms with Crippen LogP contribution in [0, 0.1) is 12.7 Å². The van der Waals surface area contributed by atoms with Gasteiger partial charge in [-0.3, -0.25) is 9.52 Å². The number of benzene rings is 2. The Morgan fingerprint density at radius 2 is 1.88 bits per heavy atom. The third-order valence-electron chi connectivity index (χ3n) is 5.41. The number of hydrogen-bond donors (Lipinski definition) is 2. The Morgan fingerprint density at radius 3 is 2.55 bits per heavy atom. The van der Waals surface area contributed by atoms with Crippen molar-refractivity contribution in [2.75, 3.05) is 23.1 Å². The highest BCUT2D eigenvalue weighted by Crippen LogP contribution is 2.37. The summed E-state index contributed by atoms with van der Waals surface area (Å²) in [5.41, 5.74) is 0.571. The van der Waals surface area contributed by atoms with E-state index in [1.807, 2.05) is 0 Å². The molecule has 1 aliphatic heterocycles. The Labute approximate surface area is 192 Å². The minimum absolute atomic E-state index is 0.188. The van der Waals surface area contributed by atoms with Crippen LogP contribution in [0.25, 0.3) is 10.9 Å². The van der Waals surface area contributed by atoms with Gasteiger partial charge in [0.1, 0.15) is 5.82 Å². The zero-order valence-corrected chi connectivity index (χ0v) is 19.1. The van der Waals surface area contributed by atoms with Crippen molar-refractivity contribution in [1.82, 2.24) is 13.9 Å². The van der Waals surface area contributed by atoms with E-state index in [-0.39, 0.29) is 28.5 Å². The predicted octanol–water partition coefficient (Wildman–Crippen LogP) is 3.78. The summed E-state index contributed by atoms with van der Waals surface area (Å²) in [6, 6.07) is 5.25. The summed E-state index contributed by atoms with van der Waals surface area (Å²) in [5.74, 6) is -3.90. The van der Waals surface area contributed by atoms with Crippen LogP contribution in [0.2, 0.25) is 5.02 Å².